The highest BCUT2D eigenvalue weighted by atomic mass is 19.1. The van der Waals surface area contributed by atoms with Gasteiger partial charge in [-0.3, -0.25) is 0 Å². The molecule has 0 aliphatic rings. The van der Waals surface area contributed by atoms with Crippen LogP contribution < -0.4 is 5.32 Å². The van der Waals surface area contributed by atoms with Gasteiger partial charge < -0.3 is 10.1 Å². The van der Waals surface area contributed by atoms with Gasteiger partial charge in [0.05, 0.1) is 6.10 Å². The summed E-state index contributed by atoms with van der Waals surface area (Å²) in [5.41, 5.74) is 1.65. The molecule has 0 saturated heterocycles. The van der Waals surface area contributed by atoms with Crippen LogP contribution in [0.15, 0.2) is 18.2 Å². The van der Waals surface area contributed by atoms with E-state index >= 15 is 0 Å². The topological polar surface area (TPSA) is 21.3 Å². The molecule has 1 aromatic carbocycles. The molecule has 0 amide bonds. The molecule has 0 aliphatic heterocycles. The minimum absolute atomic E-state index is 0.130. The number of aryl methyl sites for hydroxylation is 1. The van der Waals surface area contributed by atoms with Crippen molar-refractivity contribution < 1.29 is 9.13 Å². The average molecular weight is 225 g/mol. The van der Waals surface area contributed by atoms with Gasteiger partial charge in [-0.05, 0) is 44.5 Å². The predicted octanol–water partition coefficient (Wildman–Crippen LogP) is 2.82. The minimum atomic E-state index is -0.150. The molecular weight excluding hydrogens is 205 g/mol. The van der Waals surface area contributed by atoms with Crippen molar-refractivity contribution in [3.63, 3.8) is 0 Å². The van der Waals surface area contributed by atoms with Gasteiger partial charge in [-0.15, -0.1) is 0 Å². The van der Waals surface area contributed by atoms with Crippen LogP contribution in [0.5, 0.6) is 0 Å². The molecule has 0 fully saturated rings. The number of halogens is 1. The quantitative estimate of drug-likeness (QED) is 0.832. The summed E-state index contributed by atoms with van der Waals surface area (Å²) in [5, 5.41) is 3.18. The van der Waals surface area contributed by atoms with Crippen molar-refractivity contribution in [2.24, 2.45) is 0 Å². The van der Waals surface area contributed by atoms with Crippen molar-refractivity contribution in [2.45, 2.75) is 32.4 Å². The number of methoxy groups -OCH3 is 1. The predicted molar refractivity (Wildman–Crippen MR) is 64.0 cm³/mol. The average Bonchev–Trinajstić information content (AvgIpc) is 2.29. The van der Waals surface area contributed by atoms with Gasteiger partial charge in [-0.25, -0.2) is 4.39 Å². The molecule has 0 radical (unpaired) electrons. The maximum Gasteiger partial charge on any atom is 0.126 e. The van der Waals surface area contributed by atoms with Crippen molar-refractivity contribution in [3.8, 4) is 0 Å². The molecule has 1 rings (SSSR count). The third-order valence-electron chi connectivity index (χ3n) is 2.92. The summed E-state index contributed by atoms with van der Waals surface area (Å²) in [7, 11) is 3.57. The zero-order valence-corrected chi connectivity index (χ0v) is 10.4. The second kappa shape index (κ2) is 5.97. The van der Waals surface area contributed by atoms with E-state index in [0.717, 1.165) is 12.0 Å². The van der Waals surface area contributed by atoms with Crippen LogP contribution in [0.4, 0.5) is 4.39 Å². The monoisotopic (exact) mass is 225 g/mol. The fraction of sp³-hybridized carbons (Fsp3) is 0.538. The molecule has 2 unspecified atom stereocenters. The second-order valence-corrected chi connectivity index (χ2v) is 4.13. The first kappa shape index (κ1) is 13.1. The molecule has 16 heavy (non-hydrogen) atoms. The molecule has 0 aliphatic carbocycles. The summed E-state index contributed by atoms with van der Waals surface area (Å²) >= 11 is 0. The Kier molecular flexibility index (Phi) is 4.90. The Morgan fingerprint density at radius 3 is 2.62 bits per heavy atom. The first-order chi connectivity index (χ1) is 7.58. The maximum absolute atomic E-state index is 13.4. The van der Waals surface area contributed by atoms with Gasteiger partial charge in [0, 0.05) is 13.2 Å². The number of ether oxygens (including phenoxy) is 1. The van der Waals surface area contributed by atoms with Crippen LogP contribution in [-0.2, 0) is 4.74 Å². The highest BCUT2D eigenvalue weighted by molar-refractivity contribution is 5.25. The lowest BCUT2D eigenvalue weighted by molar-refractivity contribution is 0.101. The Labute approximate surface area is 96.8 Å². The summed E-state index contributed by atoms with van der Waals surface area (Å²) in [5.74, 6) is -0.150. The third-order valence-corrected chi connectivity index (χ3v) is 2.92. The van der Waals surface area contributed by atoms with Crippen LogP contribution in [0.1, 0.15) is 30.5 Å². The van der Waals surface area contributed by atoms with Crippen LogP contribution in [0, 0.1) is 12.7 Å². The highest BCUT2D eigenvalue weighted by Crippen LogP contribution is 2.21. The second-order valence-electron chi connectivity index (χ2n) is 4.13. The standard InChI is InChI=1S/C13H20FNO/c1-9-5-6-11(8-12(9)14)13(15-3)7-10(2)16-4/h5-6,8,10,13,15H,7H2,1-4H3. The molecule has 0 bridgehead atoms. The first-order valence-electron chi connectivity index (χ1n) is 5.54. The fourth-order valence-corrected chi connectivity index (χ4v) is 1.67. The molecule has 0 spiro atoms. The number of hydrogen-bond acceptors (Lipinski definition) is 2. The Hall–Kier alpha value is -0.930. The zero-order chi connectivity index (χ0) is 12.1. The van der Waals surface area contributed by atoms with Crippen LogP contribution in [0.3, 0.4) is 0 Å². The molecular formula is C13H20FNO. The van der Waals surface area contributed by atoms with E-state index in [4.69, 9.17) is 4.74 Å². The molecule has 1 N–H and O–H groups in total. The van der Waals surface area contributed by atoms with Gasteiger partial charge >= 0.3 is 0 Å². The number of nitrogens with one attached hydrogen (secondary N) is 1. The summed E-state index contributed by atoms with van der Waals surface area (Å²) < 4.78 is 18.7. The minimum Gasteiger partial charge on any atom is -0.382 e. The van der Waals surface area contributed by atoms with Crippen LogP contribution in [0.2, 0.25) is 0 Å². The molecule has 0 aromatic heterocycles. The molecule has 0 heterocycles. The summed E-state index contributed by atoms with van der Waals surface area (Å²) in [6.07, 6.45) is 0.983. The van der Waals surface area contributed by atoms with Crippen molar-refractivity contribution in [2.75, 3.05) is 14.2 Å². The zero-order valence-electron chi connectivity index (χ0n) is 10.4. The van der Waals surface area contributed by atoms with Gasteiger partial charge in [0.2, 0.25) is 0 Å². The molecule has 0 saturated carbocycles. The Morgan fingerprint density at radius 2 is 2.12 bits per heavy atom. The lowest BCUT2D eigenvalue weighted by Gasteiger charge is -2.20. The SMILES string of the molecule is CNC(CC(C)OC)c1ccc(C)c(F)c1. The highest BCUT2D eigenvalue weighted by Gasteiger charge is 2.14. The van der Waals surface area contributed by atoms with Gasteiger partial charge in [-0.2, -0.15) is 0 Å². The van der Waals surface area contributed by atoms with Gasteiger partial charge in [0.25, 0.3) is 0 Å². The van der Waals surface area contributed by atoms with Crippen molar-refractivity contribution in [1.29, 1.82) is 0 Å². The summed E-state index contributed by atoms with van der Waals surface area (Å²) in [6.45, 7) is 3.78. The lowest BCUT2D eigenvalue weighted by atomic mass is 10.00. The van der Waals surface area contributed by atoms with Crippen molar-refractivity contribution in [3.05, 3.63) is 35.1 Å². The Balaban J connectivity index is 2.82. The van der Waals surface area contributed by atoms with E-state index in [1.54, 1.807) is 20.1 Å². The van der Waals surface area contributed by atoms with E-state index in [0.29, 0.717) is 5.56 Å². The smallest absolute Gasteiger partial charge is 0.126 e. The molecule has 1 aromatic rings. The maximum atomic E-state index is 13.4. The molecule has 2 nitrogen and oxygen atoms in total. The number of rotatable bonds is 5. The van der Waals surface area contributed by atoms with Gasteiger partial charge in [0.1, 0.15) is 5.82 Å². The third kappa shape index (κ3) is 3.29. The fourth-order valence-electron chi connectivity index (χ4n) is 1.67. The van der Waals surface area contributed by atoms with E-state index < -0.39 is 0 Å². The Morgan fingerprint density at radius 1 is 1.44 bits per heavy atom. The number of hydrogen-bond donors (Lipinski definition) is 1. The number of benzene rings is 1. The van der Waals surface area contributed by atoms with E-state index in [1.807, 2.05) is 26.1 Å². The van der Waals surface area contributed by atoms with Gasteiger partial charge in [-0.1, -0.05) is 12.1 Å². The normalized spacial score (nSPS) is 14.8. The first-order valence-corrected chi connectivity index (χ1v) is 5.54. The van der Waals surface area contributed by atoms with E-state index in [9.17, 15) is 4.39 Å². The molecule has 2 atom stereocenters. The van der Waals surface area contributed by atoms with E-state index in [-0.39, 0.29) is 18.0 Å². The van der Waals surface area contributed by atoms with E-state index in [2.05, 4.69) is 5.32 Å². The van der Waals surface area contributed by atoms with Crippen LogP contribution >= 0.6 is 0 Å². The van der Waals surface area contributed by atoms with Crippen molar-refractivity contribution in [1.82, 2.24) is 5.32 Å². The van der Waals surface area contributed by atoms with Gasteiger partial charge in [0.15, 0.2) is 0 Å². The lowest BCUT2D eigenvalue weighted by Crippen LogP contribution is -2.22. The Bertz CT molecular complexity index is 341. The van der Waals surface area contributed by atoms with Crippen molar-refractivity contribution >= 4 is 0 Å². The molecule has 90 valence electrons. The largest absolute Gasteiger partial charge is 0.382 e. The van der Waals surface area contributed by atoms with E-state index in [1.165, 1.54) is 0 Å². The summed E-state index contributed by atoms with van der Waals surface area (Å²) in [6, 6.07) is 5.50. The van der Waals surface area contributed by atoms with Crippen LogP contribution in [0.25, 0.3) is 0 Å². The molecule has 3 heteroatoms. The summed E-state index contributed by atoms with van der Waals surface area (Å²) in [4.78, 5) is 0. The van der Waals surface area contributed by atoms with Crippen LogP contribution in [-0.4, -0.2) is 20.3 Å².